The first-order valence-electron chi connectivity index (χ1n) is 5.80. The fourth-order valence-electron chi connectivity index (χ4n) is 2.76. The molecule has 0 atom stereocenters. The van der Waals surface area contributed by atoms with Crippen molar-refractivity contribution in [3.8, 4) is 0 Å². The van der Waals surface area contributed by atoms with Crippen molar-refractivity contribution in [1.29, 1.82) is 0 Å². The van der Waals surface area contributed by atoms with Crippen molar-refractivity contribution < 1.29 is 9.47 Å². The third kappa shape index (κ3) is 1.38. The lowest BCUT2D eigenvalue weighted by molar-refractivity contribution is -0.228. The van der Waals surface area contributed by atoms with Gasteiger partial charge in [0, 0.05) is 6.54 Å². The second-order valence-corrected chi connectivity index (χ2v) is 5.19. The van der Waals surface area contributed by atoms with Crippen LogP contribution in [-0.2, 0) is 9.47 Å². The largest absolute Gasteiger partial charge is 0.380 e. The summed E-state index contributed by atoms with van der Waals surface area (Å²) in [6.45, 7) is 3.76. The Bertz CT molecular complexity index is 207. The van der Waals surface area contributed by atoms with E-state index < -0.39 is 0 Å². The van der Waals surface area contributed by atoms with Crippen LogP contribution in [0.4, 0.5) is 0 Å². The van der Waals surface area contributed by atoms with Crippen LogP contribution in [-0.4, -0.2) is 32.1 Å². The lowest BCUT2D eigenvalue weighted by atomic mass is 9.82. The number of hydrogen-bond acceptors (Lipinski definition) is 3. The first-order valence-corrected chi connectivity index (χ1v) is 5.80. The first-order chi connectivity index (χ1) is 6.83. The van der Waals surface area contributed by atoms with Gasteiger partial charge in [0.1, 0.15) is 5.72 Å². The highest BCUT2D eigenvalue weighted by Crippen LogP contribution is 2.38. The molecule has 3 heteroatoms. The summed E-state index contributed by atoms with van der Waals surface area (Å²) in [6, 6.07) is 0. The van der Waals surface area contributed by atoms with Crippen molar-refractivity contribution in [2.45, 2.75) is 37.8 Å². The quantitative estimate of drug-likeness (QED) is 0.634. The zero-order valence-corrected chi connectivity index (χ0v) is 8.68. The monoisotopic (exact) mass is 197 g/mol. The summed E-state index contributed by atoms with van der Waals surface area (Å²) in [6.07, 6.45) is 6.40. The van der Waals surface area contributed by atoms with E-state index in [-0.39, 0.29) is 5.72 Å². The molecule has 0 unspecified atom stereocenters. The number of ether oxygens (including phenoxy) is 2. The Hall–Kier alpha value is -0.120. The van der Waals surface area contributed by atoms with E-state index >= 15 is 0 Å². The maximum absolute atomic E-state index is 6.07. The highest BCUT2D eigenvalue weighted by molar-refractivity contribution is 4.96. The number of rotatable bonds is 0. The van der Waals surface area contributed by atoms with Crippen LogP contribution in [0.3, 0.4) is 0 Å². The molecular weight excluding hydrogens is 178 g/mol. The number of hydrogen-bond donors (Lipinski definition) is 1. The predicted octanol–water partition coefficient (Wildman–Crippen LogP) is 1.28. The molecule has 0 amide bonds. The smallest absolute Gasteiger partial charge is 0.119 e. The molecule has 1 aliphatic carbocycles. The molecule has 0 bridgehead atoms. The van der Waals surface area contributed by atoms with Crippen LogP contribution >= 0.6 is 0 Å². The van der Waals surface area contributed by atoms with Crippen molar-refractivity contribution in [1.82, 2.24) is 5.32 Å². The molecule has 80 valence electrons. The van der Waals surface area contributed by atoms with E-state index in [4.69, 9.17) is 9.47 Å². The standard InChI is InChI=1S/C11H19NO2/c1-2-4-11(5-3-1)12-6-10(9-14-11)7-13-8-10/h12H,1-9H2. The van der Waals surface area contributed by atoms with E-state index in [1.807, 2.05) is 0 Å². The molecule has 0 aromatic carbocycles. The minimum Gasteiger partial charge on any atom is -0.380 e. The van der Waals surface area contributed by atoms with E-state index in [1.165, 1.54) is 32.1 Å². The van der Waals surface area contributed by atoms with E-state index in [1.54, 1.807) is 0 Å². The molecule has 0 aromatic rings. The topological polar surface area (TPSA) is 30.5 Å². The second kappa shape index (κ2) is 3.19. The second-order valence-electron chi connectivity index (χ2n) is 5.19. The van der Waals surface area contributed by atoms with Crippen LogP contribution in [0.2, 0.25) is 0 Å². The van der Waals surface area contributed by atoms with Crippen LogP contribution < -0.4 is 5.32 Å². The molecule has 14 heavy (non-hydrogen) atoms. The van der Waals surface area contributed by atoms with Crippen molar-refractivity contribution in [3.05, 3.63) is 0 Å². The molecule has 3 fully saturated rings. The third-order valence-electron chi connectivity index (χ3n) is 3.92. The summed E-state index contributed by atoms with van der Waals surface area (Å²) < 4.78 is 11.3. The van der Waals surface area contributed by atoms with Gasteiger partial charge in [-0.15, -0.1) is 0 Å². The minimum absolute atomic E-state index is 0.0408. The van der Waals surface area contributed by atoms with Gasteiger partial charge in [-0.2, -0.15) is 0 Å². The Morgan fingerprint density at radius 3 is 2.21 bits per heavy atom. The van der Waals surface area contributed by atoms with Gasteiger partial charge >= 0.3 is 0 Å². The lowest BCUT2D eigenvalue weighted by Gasteiger charge is -2.52. The Morgan fingerprint density at radius 1 is 0.929 bits per heavy atom. The summed E-state index contributed by atoms with van der Waals surface area (Å²) in [7, 11) is 0. The van der Waals surface area contributed by atoms with Gasteiger partial charge in [0.15, 0.2) is 0 Å². The van der Waals surface area contributed by atoms with Crippen LogP contribution in [0.5, 0.6) is 0 Å². The van der Waals surface area contributed by atoms with Crippen LogP contribution in [0.15, 0.2) is 0 Å². The van der Waals surface area contributed by atoms with Crippen LogP contribution in [0, 0.1) is 5.41 Å². The van der Waals surface area contributed by atoms with Gasteiger partial charge in [0.2, 0.25) is 0 Å². The van der Waals surface area contributed by atoms with Crippen molar-refractivity contribution in [2.24, 2.45) is 5.41 Å². The summed E-state index contributed by atoms with van der Waals surface area (Å²) in [5, 5.41) is 3.62. The van der Waals surface area contributed by atoms with Gasteiger partial charge in [-0.25, -0.2) is 0 Å². The molecule has 3 nitrogen and oxygen atoms in total. The van der Waals surface area contributed by atoms with Crippen molar-refractivity contribution in [2.75, 3.05) is 26.4 Å². The maximum Gasteiger partial charge on any atom is 0.119 e. The molecule has 2 saturated heterocycles. The van der Waals surface area contributed by atoms with Crippen LogP contribution in [0.25, 0.3) is 0 Å². The van der Waals surface area contributed by atoms with E-state index in [2.05, 4.69) is 5.32 Å². The molecule has 3 aliphatic rings. The fourth-order valence-corrected chi connectivity index (χ4v) is 2.76. The summed E-state index contributed by atoms with van der Waals surface area (Å²) in [5.74, 6) is 0. The van der Waals surface area contributed by atoms with Gasteiger partial charge in [0.05, 0.1) is 25.2 Å². The Labute approximate surface area is 85.1 Å². The van der Waals surface area contributed by atoms with E-state index in [9.17, 15) is 0 Å². The Kier molecular flexibility index (Phi) is 2.08. The molecule has 0 radical (unpaired) electrons. The van der Waals surface area contributed by atoms with E-state index in [0.29, 0.717) is 5.41 Å². The summed E-state index contributed by atoms with van der Waals surface area (Å²) >= 11 is 0. The highest BCUT2D eigenvalue weighted by atomic mass is 16.5. The molecule has 2 aliphatic heterocycles. The Balaban J connectivity index is 1.63. The van der Waals surface area contributed by atoms with Crippen LogP contribution in [0.1, 0.15) is 32.1 Å². The van der Waals surface area contributed by atoms with Gasteiger partial charge in [0.25, 0.3) is 0 Å². The summed E-state index contributed by atoms with van der Waals surface area (Å²) in [4.78, 5) is 0. The molecular formula is C11H19NO2. The minimum atomic E-state index is 0.0408. The molecule has 0 aromatic heterocycles. The average molecular weight is 197 g/mol. The zero-order chi connectivity index (χ0) is 9.49. The molecule has 2 spiro atoms. The van der Waals surface area contributed by atoms with Gasteiger partial charge in [-0.3, -0.25) is 5.32 Å². The lowest BCUT2D eigenvalue weighted by Crippen LogP contribution is -2.65. The SMILES string of the molecule is C1CCC2(CC1)NCC1(COC1)CO2. The van der Waals surface area contributed by atoms with Crippen molar-refractivity contribution >= 4 is 0 Å². The normalized spacial score (nSPS) is 34.3. The average Bonchev–Trinajstić information content (AvgIpc) is 2.18. The Morgan fingerprint density at radius 2 is 1.71 bits per heavy atom. The zero-order valence-electron chi connectivity index (χ0n) is 8.68. The van der Waals surface area contributed by atoms with E-state index in [0.717, 1.165) is 26.4 Å². The fraction of sp³-hybridized carbons (Fsp3) is 1.00. The van der Waals surface area contributed by atoms with Gasteiger partial charge in [-0.1, -0.05) is 6.42 Å². The molecule has 2 heterocycles. The number of nitrogens with one attached hydrogen (secondary N) is 1. The van der Waals surface area contributed by atoms with Gasteiger partial charge < -0.3 is 9.47 Å². The van der Waals surface area contributed by atoms with Gasteiger partial charge in [-0.05, 0) is 25.7 Å². The summed E-state index contributed by atoms with van der Waals surface area (Å²) in [5.41, 5.74) is 0.363. The molecule has 3 rings (SSSR count). The predicted molar refractivity (Wildman–Crippen MR) is 53.0 cm³/mol. The third-order valence-corrected chi connectivity index (χ3v) is 3.92. The molecule has 1 N–H and O–H groups in total. The first kappa shape index (κ1) is 9.13. The highest BCUT2D eigenvalue weighted by Gasteiger charge is 2.47. The maximum atomic E-state index is 6.07. The van der Waals surface area contributed by atoms with Crippen molar-refractivity contribution in [3.63, 3.8) is 0 Å². The molecule has 1 saturated carbocycles.